The van der Waals surface area contributed by atoms with Crippen LogP contribution in [-0.4, -0.2) is 60.2 Å². The number of urea groups is 1. The second kappa shape index (κ2) is 10.4. The number of rotatable bonds is 7. The summed E-state index contributed by atoms with van der Waals surface area (Å²) in [6.07, 6.45) is 4.44. The van der Waals surface area contributed by atoms with Gasteiger partial charge in [-0.15, -0.1) is 0 Å². The molecule has 0 aliphatic carbocycles. The number of hydrogen-bond acceptors (Lipinski definition) is 4. The first-order chi connectivity index (χ1) is 13.2. The zero-order valence-corrected chi connectivity index (χ0v) is 16.9. The van der Waals surface area contributed by atoms with Crippen LogP contribution in [0.4, 0.5) is 10.5 Å². The zero-order valence-electron chi connectivity index (χ0n) is 15.3. The SMILES string of the molecule is O=C(Nc1ccccc1Br)N(CCCN1CCOCC1)Cc1ccncc1. The van der Waals surface area contributed by atoms with Crippen molar-refractivity contribution in [2.75, 3.05) is 44.7 Å². The highest BCUT2D eigenvalue weighted by Gasteiger charge is 2.16. The van der Waals surface area contributed by atoms with E-state index in [-0.39, 0.29) is 6.03 Å². The summed E-state index contributed by atoms with van der Waals surface area (Å²) in [7, 11) is 0. The van der Waals surface area contributed by atoms with Crippen LogP contribution in [0.5, 0.6) is 0 Å². The number of benzene rings is 1. The van der Waals surface area contributed by atoms with E-state index in [2.05, 4.69) is 31.1 Å². The fourth-order valence-corrected chi connectivity index (χ4v) is 3.41. The van der Waals surface area contributed by atoms with Crippen molar-refractivity contribution in [2.45, 2.75) is 13.0 Å². The largest absolute Gasteiger partial charge is 0.379 e. The predicted octanol–water partition coefficient (Wildman–Crippen LogP) is 3.60. The maximum Gasteiger partial charge on any atom is 0.322 e. The molecule has 1 N–H and O–H groups in total. The van der Waals surface area contributed by atoms with E-state index in [1.807, 2.05) is 41.3 Å². The lowest BCUT2D eigenvalue weighted by molar-refractivity contribution is 0.0365. The Kier molecular flexibility index (Phi) is 7.62. The molecule has 2 heterocycles. The Hall–Kier alpha value is -1.96. The molecule has 1 fully saturated rings. The molecule has 1 aliphatic heterocycles. The molecule has 6 nitrogen and oxygen atoms in total. The number of morpholine rings is 1. The summed E-state index contributed by atoms with van der Waals surface area (Å²) in [6, 6.07) is 11.4. The van der Waals surface area contributed by atoms with Crippen LogP contribution in [0.15, 0.2) is 53.3 Å². The van der Waals surface area contributed by atoms with Gasteiger partial charge in [-0.05, 0) is 52.2 Å². The molecule has 0 atom stereocenters. The number of ether oxygens (including phenoxy) is 1. The molecule has 0 spiro atoms. The van der Waals surface area contributed by atoms with Crippen molar-refractivity contribution >= 4 is 27.6 Å². The van der Waals surface area contributed by atoms with E-state index < -0.39 is 0 Å². The number of pyridine rings is 1. The quantitative estimate of drug-likeness (QED) is 0.725. The average molecular weight is 433 g/mol. The first-order valence-corrected chi connectivity index (χ1v) is 10.0. The summed E-state index contributed by atoms with van der Waals surface area (Å²) in [6.45, 7) is 5.74. The average Bonchev–Trinajstić information content (AvgIpc) is 2.70. The van der Waals surface area contributed by atoms with Gasteiger partial charge in [0.05, 0.1) is 18.9 Å². The monoisotopic (exact) mass is 432 g/mol. The van der Waals surface area contributed by atoms with Gasteiger partial charge in [0, 0.05) is 49.6 Å². The molecule has 144 valence electrons. The van der Waals surface area contributed by atoms with E-state index >= 15 is 0 Å². The molecule has 0 bridgehead atoms. The Morgan fingerprint density at radius 3 is 2.67 bits per heavy atom. The third-order valence-corrected chi connectivity index (χ3v) is 5.22. The van der Waals surface area contributed by atoms with Crippen molar-refractivity contribution in [3.63, 3.8) is 0 Å². The fourth-order valence-electron chi connectivity index (χ4n) is 3.03. The molecule has 0 radical (unpaired) electrons. The molecular weight excluding hydrogens is 408 g/mol. The molecule has 0 unspecified atom stereocenters. The number of hydrogen-bond donors (Lipinski definition) is 1. The van der Waals surface area contributed by atoms with Gasteiger partial charge in [-0.25, -0.2) is 4.79 Å². The van der Waals surface area contributed by atoms with Crippen LogP contribution in [0.25, 0.3) is 0 Å². The molecule has 1 aromatic heterocycles. The number of aromatic nitrogens is 1. The van der Waals surface area contributed by atoms with Crippen LogP contribution in [0.3, 0.4) is 0 Å². The van der Waals surface area contributed by atoms with Crippen molar-refractivity contribution in [3.05, 3.63) is 58.8 Å². The molecule has 1 saturated heterocycles. The minimum Gasteiger partial charge on any atom is -0.379 e. The number of carbonyl (C=O) groups is 1. The Morgan fingerprint density at radius 1 is 1.19 bits per heavy atom. The molecule has 27 heavy (non-hydrogen) atoms. The minimum absolute atomic E-state index is 0.0966. The van der Waals surface area contributed by atoms with E-state index in [4.69, 9.17) is 4.74 Å². The van der Waals surface area contributed by atoms with Crippen molar-refractivity contribution < 1.29 is 9.53 Å². The van der Waals surface area contributed by atoms with E-state index in [0.29, 0.717) is 13.1 Å². The van der Waals surface area contributed by atoms with Crippen LogP contribution in [0.2, 0.25) is 0 Å². The zero-order chi connectivity index (χ0) is 18.9. The summed E-state index contributed by atoms with van der Waals surface area (Å²) in [5, 5.41) is 3.01. The van der Waals surface area contributed by atoms with Crippen molar-refractivity contribution in [1.29, 1.82) is 0 Å². The summed E-state index contributed by atoms with van der Waals surface area (Å²) in [5.74, 6) is 0. The van der Waals surface area contributed by atoms with Crippen LogP contribution in [0, 0.1) is 0 Å². The Bertz CT molecular complexity index is 723. The smallest absolute Gasteiger partial charge is 0.322 e. The summed E-state index contributed by atoms with van der Waals surface area (Å²) >= 11 is 3.49. The summed E-state index contributed by atoms with van der Waals surface area (Å²) in [4.78, 5) is 21.2. The maximum absolute atomic E-state index is 12.9. The van der Waals surface area contributed by atoms with E-state index in [0.717, 1.165) is 55.0 Å². The Morgan fingerprint density at radius 2 is 1.93 bits per heavy atom. The molecular formula is C20H25BrN4O2. The summed E-state index contributed by atoms with van der Waals surface area (Å²) < 4.78 is 6.27. The molecule has 0 saturated carbocycles. The van der Waals surface area contributed by atoms with Gasteiger partial charge in [0.1, 0.15) is 0 Å². The number of halogens is 1. The number of anilines is 1. The van der Waals surface area contributed by atoms with E-state index in [1.165, 1.54) is 0 Å². The Balaban J connectivity index is 1.61. The standard InChI is InChI=1S/C20H25BrN4O2/c21-18-4-1-2-5-19(18)23-20(26)25(16-17-6-8-22-9-7-17)11-3-10-24-12-14-27-15-13-24/h1-2,4-9H,3,10-16H2,(H,23,26). The number of nitrogens with one attached hydrogen (secondary N) is 1. The molecule has 1 aliphatic rings. The van der Waals surface area contributed by atoms with E-state index in [9.17, 15) is 4.79 Å². The predicted molar refractivity (Wildman–Crippen MR) is 110 cm³/mol. The van der Waals surface area contributed by atoms with Gasteiger partial charge in [0.2, 0.25) is 0 Å². The minimum atomic E-state index is -0.0966. The molecule has 2 aromatic rings. The number of amides is 2. The molecule has 2 amide bonds. The van der Waals surface area contributed by atoms with Crippen LogP contribution >= 0.6 is 15.9 Å². The van der Waals surface area contributed by atoms with Crippen molar-refractivity contribution in [3.8, 4) is 0 Å². The third-order valence-electron chi connectivity index (χ3n) is 4.53. The summed E-state index contributed by atoms with van der Waals surface area (Å²) in [5.41, 5.74) is 1.84. The highest BCUT2D eigenvalue weighted by molar-refractivity contribution is 9.10. The molecule has 7 heteroatoms. The first-order valence-electron chi connectivity index (χ1n) is 9.22. The number of para-hydroxylation sites is 1. The van der Waals surface area contributed by atoms with Gasteiger partial charge in [-0.3, -0.25) is 9.88 Å². The lowest BCUT2D eigenvalue weighted by Gasteiger charge is -2.28. The van der Waals surface area contributed by atoms with Gasteiger partial charge in [-0.2, -0.15) is 0 Å². The van der Waals surface area contributed by atoms with Crippen LogP contribution < -0.4 is 5.32 Å². The van der Waals surface area contributed by atoms with Gasteiger partial charge in [0.25, 0.3) is 0 Å². The second-order valence-corrected chi connectivity index (χ2v) is 7.35. The highest BCUT2D eigenvalue weighted by atomic mass is 79.9. The number of carbonyl (C=O) groups excluding carboxylic acids is 1. The lowest BCUT2D eigenvalue weighted by atomic mass is 10.2. The fraction of sp³-hybridized carbons (Fsp3) is 0.400. The van der Waals surface area contributed by atoms with Crippen LogP contribution in [0.1, 0.15) is 12.0 Å². The molecule has 1 aromatic carbocycles. The lowest BCUT2D eigenvalue weighted by Crippen LogP contribution is -2.40. The third kappa shape index (κ3) is 6.30. The second-order valence-electron chi connectivity index (χ2n) is 6.49. The normalized spacial score (nSPS) is 14.7. The van der Waals surface area contributed by atoms with Crippen LogP contribution in [-0.2, 0) is 11.3 Å². The topological polar surface area (TPSA) is 57.7 Å². The van der Waals surface area contributed by atoms with Crippen molar-refractivity contribution in [1.82, 2.24) is 14.8 Å². The molecule has 3 rings (SSSR count). The van der Waals surface area contributed by atoms with Gasteiger partial charge < -0.3 is 15.0 Å². The van der Waals surface area contributed by atoms with Gasteiger partial charge in [0.15, 0.2) is 0 Å². The first kappa shape index (κ1) is 19.8. The van der Waals surface area contributed by atoms with Gasteiger partial charge in [-0.1, -0.05) is 12.1 Å². The van der Waals surface area contributed by atoms with Crippen molar-refractivity contribution in [2.24, 2.45) is 0 Å². The Labute approximate surface area is 168 Å². The maximum atomic E-state index is 12.9. The van der Waals surface area contributed by atoms with E-state index in [1.54, 1.807) is 12.4 Å². The highest BCUT2D eigenvalue weighted by Crippen LogP contribution is 2.22. The van der Waals surface area contributed by atoms with Gasteiger partial charge >= 0.3 is 6.03 Å². The number of nitrogens with zero attached hydrogens (tertiary/aromatic N) is 3.